The monoisotopic (exact) mass is 326 g/mol. The fraction of sp³-hybridized carbons (Fsp3) is 0.588. The zero-order valence-electron chi connectivity index (χ0n) is 13.6. The van der Waals surface area contributed by atoms with Gasteiger partial charge in [-0.25, -0.2) is 0 Å². The van der Waals surface area contributed by atoms with Gasteiger partial charge in [0.05, 0.1) is 6.10 Å². The fourth-order valence-electron chi connectivity index (χ4n) is 2.67. The first-order valence-electron chi connectivity index (χ1n) is 7.70. The van der Waals surface area contributed by atoms with Crippen LogP contribution in [0.25, 0.3) is 0 Å². The van der Waals surface area contributed by atoms with Gasteiger partial charge in [0.25, 0.3) is 5.91 Å². The van der Waals surface area contributed by atoms with Gasteiger partial charge in [-0.05, 0) is 29.9 Å². The molecule has 1 fully saturated rings. The van der Waals surface area contributed by atoms with Crippen molar-refractivity contribution >= 4 is 18.3 Å². The predicted octanol–water partition coefficient (Wildman–Crippen LogP) is 2.70. The van der Waals surface area contributed by atoms with Gasteiger partial charge in [0, 0.05) is 20.1 Å². The summed E-state index contributed by atoms with van der Waals surface area (Å²) in [5.74, 6) is 0.581. The second kappa shape index (κ2) is 8.51. The Bertz CT molecular complexity index is 476. The molecule has 0 aromatic heterocycles. The molecule has 2 atom stereocenters. The highest BCUT2D eigenvalue weighted by atomic mass is 35.5. The number of carbonyl (C=O) groups is 1. The normalized spacial score (nSPS) is 20.8. The van der Waals surface area contributed by atoms with E-state index in [9.17, 15) is 4.79 Å². The van der Waals surface area contributed by atoms with Crippen LogP contribution in [0.2, 0.25) is 0 Å². The van der Waals surface area contributed by atoms with Gasteiger partial charge >= 0.3 is 0 Å². The molecule has 0 spiro atoms. The van der Waals surface area contributed by atoms with Gasteiger partial charge < -0.3 is 15.4 Å². The maximum atomic E-state index is 12.3. The summed E-state index contributed by atoms with van der Waals surface area (Å²) in [7, 11) is 1.83. The topological polar surface area (TPSA) is 55.6 Å². The van der Waals surface area contributed by atoms with Crippen LogP contribution < -0.4 is 5.73 Å². The van der Waals surface area contributed by atoms with Gasteiger partial charge in [0.1, 0.15) is 6.10 Å². The van der Waals surface area contributed by atoms with Crippen LogP contribution in [0.5, 0.6) is 0 Å². The smallest absolute Gasteiger partial charge is 0.251 e. The summed E-state index contributed by atoms with van der Waals surface area (Å²) in [5.41, 5.74) is 8.04. The molecule has 1 amide bonds. The van der Waals surface area contributed by atoms with E-state index in [4.69, 9.17) is 10.5 Å². The van der Waals surface area contributed by atoms with Gasteiger partial charge in [-0.1, -0.05) is 38.1 Å². The van der Waals surface area contributed by atoms with E-state index >= 15 is 0 Å². The highest BCUT2D eigenvalue weighted by Gasteiger charge is 2.31. The summed E-state index contributed by atoms with van der Waals surface area (Å²) in [5, 5.41) is 0. The number of halogens is 1. The van der Waals surface area contributed by atoms with Crippen LogP contribution in [0.1, 0.15) is 43.7 Å². The molecular formula is C17H27ClN2O2. The number of nitrogens with zero attached hydrogens (tertiary/aromatic N) is 1. The van der Waals surface area contributed by atoms with Crippen molar-refractivity contribution < 1.29 is 9.53 Å². The molecule has 0 saturated carbocycles. The predicted molar refractivity (Wildman–Crippen MR) is 91.2 cm³/mol. The largest absolute Gasteiger partial charge is 0.364 e. The Kier molecular flexibility index (Phi) is 7.33. The Morgan fingerprint density at radius 1 is 1.32 bits per heavy atom. The second-order valence-electron chi connectivity index (χ2n) is 6.15. The standard InChI is InChI=1S/C17H26N2O2.ClH/c1-12(2)14-6-4-13(5-7-14)11-19(3)17(20)16-9-8-15(10-18)21-16;/h4-7,12,15-16H,8-11,18H2,1-3H3;1H/t15-,16+;/m1./s1. The number of likely N-dealkylation sites (N-methyl/N-ethyl adjacent to an activating group) is 1. The van der Waals surface area contributed by atoms with Crippen molar-refractivity contribution in [3.05, 3.63) is 35.4 Å². The number of hydrogen-bond acceptors (Lipinski definition) is 3. The number of hydrogen-bond donors (Lipinski definition) is 1. The van der Waals surface area contributed by atoms with Gasteiger partial charge in [-0.2, -0.15) is 0 Å². The number of carbonyl (C=O) groups excluding carboxylic acids is 1. The summed E-state index contributed by atoms with van der Waals surface area (Å²) >= 11 is 0. The molecule has 0 unspecified atom stereocenters. The van der Waals surface area contributed by atoms with Crippen molar-refractivity contribution in [1.82, 2.24) is 4.90 Å². The van der Waals surface area contributed by atoms with Crippen LogP contribution in [0.15, 0.2) is 24.3 Å². The zero-order chi connectivity index (χ0) is 15.4. The lowest BCUT2D eigenvalue weighted by molar-refractivity contribution is -0.141. The van der Waals surface area contributed by atoms with E-state index in [1.54, 1.807) is 4.90 Å². The SMILES string of the molecule is CC(C)c1ccc(CN(C)C(=O)[C@@H]2CC[C@H](CN)O2)cc1.Cl. The van der Waals surface area contributed by atoms with E-state index in [1.165, 1.54) is 5.56 Å². The first kappa shape index (κ1) is 18.9. The van der Waals surface area contributed by atoms with Crippen molar-refractivity contribution in [2.45, 2.75) is 51.4 Å². The first-order chi connectivity index (χ1) is 10.0. The molecular weight excluding hydrogens is 300 g/mol. The average molecular weight is 327 g/mol. The van der Waals surface area contributed by atoms with Crippen molar-refractivity contribution in [3.63, 3.8) is 0 Å². The lowest BCUT2D eigenvalue weighted by Crippen LogP contribution is -2.36. The van der Waals surface area contributed by atoms with E-state index in [0.29, 0.717) is 19.0 Å². The maximum Gasteiger partial charge on any atom is 0.251 e. The molecule has 1 aromatic rings. The number of ether oxygens (including phenoxy) is 1. The molecule has 0 bridgehead atoms. The molecule has 1 aliphatic heterocycles. The molecule has 2 N–H and O–H groups in total. The van der Waals surface area contributed by atoms with Crippen molar-refractivity contribution in [2.24, 2.45) is 5.73 Å². The third-order valence-electron chi connectivity index (χ3n) is 4.09. The van der Waals surface area contributed by atoms with Crippen LogP contribution in [-0.4, -0.2) is 36.6 Å². The summed E-state index contributed by atoms with van der Waals surface area (Å²) in [6.45, 7) is 5.46. The van der Waals surface area contributed by atoms with E-state index < -0.39 is 0 Å². The molecule has 1 heterocycles. The van der Waals surface area contributed by atoms with E-state index in [0.717, 1.165) is 18.4 Å². The van der Waals surface area contributed by atoms with Crippen LogP contribution in [0.4, 0.5) is 0 Å². The average Bonchev–Trinajstić information content (AvgIpc) is 2.95. The molecule has 0 radical (unpaired) electrons. The fourth-order valence-corrected chi connectivity index (χ4v) is 2.67. The Balaban J connectivity index is 0.00000242. The number of nitrogens with two attached hydrogens (primary N) is 1. The Morgan fingerprint density at radius 3 is 2.45 bits per heavy atom. The van der Waals surface area contributed by atoms with Crippen LogP contribution in [0, 0.1) is 0 Å². The molecule has 1 aliphatic rings. The summed E-state index contributed by atoms with van der Waals surface area (Å²) in [6, 6.07) is 8.46. The minimum Gasteiger partial charge on any atom is -0.364 e. The highest BCUT2D eigenvalue weighted by Crippen LogP contribution is 2.21. The number of amides is 1. The van der Waals surface area contributed by atoms with E-state index in [1.807, 2.05) is 7.05 Å². The van der Waals surface area contributed by atoms with E-state index in [2.05, 4.69) is 38.1 Å². The second-order valence-corrected chi connectivity index (χ2v) is 6.15. The van der Waals surface area contributed by atoms with E-state index in [-0.39, 0.29) is 30.5 Å². The third kappa shape index (κ3) is 4.70. The molecule has 5 heteroatoms. The van der Waals surface area contributed by atoms with Gasteiger partial charge in [-0.3, -0.25) is 4.79 Å². The summed E-state index contributed by atoms with van der Waals surface area (Å²) in [6.07, 6.45) is 1.37. The van der Waals surface area contributed by atoms with Crippen molar-refractivity contribution in [3.8, 4) is 0 Å². The first-order valence-corrected chi connectivity index (χ1v) is 7.70. The molecule has 4 nitrogen and oxygen atoms in total. The molecule has 0 aliphatic carbocycles. The lowest BCUT2D eigenvalue weighted by Gasteiger charge is -2.21. The Morgan fingerprint density at radius 2 is 1.95 bits per heavy atom. The van der Waals surface area contributed by atoms with Crippen LogP contribution in [-0.2, 0) is 16.1 Å². The molecule has 22 heavy (non-hydrogen) atoms. The molecule has 1 saturated heterocycles. The van der Waals surface area contributed by atoms with Crippen LogP contribution in [0.3, 0.4) is 0 Å². The maximum absolute atomic E-state index is 12.3. The summed E-state index contributed by atoms with van der Waals surface area (Å²) in [4.78, 5) is 14.1. The third-order valence-corrected chi connectivity index (χ3v) is 4.09. The lowest BCUT2D eigenvalue weighted by atomic mass is 10.0. The highest BCUT2D eigenvalue weighted by molar-refractivity contribution is 5.85. The number of rotatable bonds is 5. The molecule has 2 rings (SSSR count). The van der Waals surface area contributed by atoms with Gasteiger partial charge in [0.2, 0.25) is 0 Å². The minimum atomic E-state index is -0.321. The number of benzene rings is 1. The van der Waals surface area contributed by atoms with Crippen molar-refractivity contribution in [1.29, 1.82) is 0 Å². The zero-order valence-corrected chi connectivity index (χ0v) is 14.4. The minimum absolute atomic E-state index is 0. The Hall–Kier alpha value is -1.10. The van der Waals surface area contributed by atoms with Crippen molar-refractivity contribution in [2.75, 3.05) is 13.6 Å². The Labute approximate surface area is 139 Å². The van der Waals surface area contributed by atoms with Crippen LogP contribution >= 0.6 is 12.4 Å². The molecule has 1 aromatic carbocycles. The molecule has 124 valence electrons. The quantitative estimate of drug-likeness (QED) is 0.905. The van der Waals surface area contributed by atoms with Gasteiger partial charge in [-0.15, -0.1) is 12.4 Å². The van der Waals surface area contributed by atoms with Gasteiger partial charge in [0.15, 0.2) is 0 Å². The summed E-state index contributed by atoms with van der Waals surface area (Å²) < 4.78 is 5.67.